The number of rotatable bonds is 9. The van der Waals surface area contributed by atoms with E-state index in [-0.39, 0.29) is 24.3 Å². The Balaban J connectivity index is 1.61. The molecule has 1 aliphatic heterocycles. The van der Waals surface area contributed by atoms with Gasteiger partial charge in [0.1, 0.15) is 12.3 Å². The van der Waals surface area contributed by atoms with Crippen LogP contribution in [0.4, 0.5) is 5.69 Å². The van der Waals surface area contributed by atoms with Crippen LogP contribution in [-0.4, -0.2) is 61.1 Å². The van der Waals surface area contributed by atoms with E-state index in [2.05, 4.69) is 15.2 Å². The number of nitrogens with zero attached hydrogens (tertiary/aromatic N) is 1. The zero-order valence-electron chi connectivity index (χ0n) is 19.4. The average molecular weight is 457 g/mol. The highest BCUT2D eigenvalue weighted by atomic mass is 16.6. The number of methoxy groups -OCH3 is 1. The molecule has 0 bridgehead atoms. The number of aryl methyl sites for hydroxylation is 1. The van der Waals surface area contributed by atoms with E-state index in [9.17, 15) is 14.4 Å². The second-order valence-corrected chi connectivity index (χ2v) is 8.38. The van der Waals surface area contributed by atoms with Crippen LogP contribution in [0.15, 0.2) is 24.3 Å². The molecule has 1 aromatic carbocycles. The van der Waals surface area contributed by atoms with Gasteiger partial charge in [0, 0.05) is 31.6 Å². The lowest BCUT2D eigenvalue weighted by Gasteiger charge is -2.31. The molecule has 1 aromatic heterocycles. The van der Waals surface area contributed by atoms with E-state index in [1.165, 1.54) is 7.11 Å². The predicted molar refractivity (Wildman–Crippen MR) is 124 cm³/mol. The molecule has 1 atom stereocenters. The van der Waals surface area contributed by atoms with E-state index in [1.54, 1.807) is 13.8 Å². The molecule has 1 saturated heterocycles. The van der Waals surface area contributed by atoms with Gasteiger partial charge in [0.25, 0.3) is 5.91 Å². The summed E-state index contributed by atoms with van der Waals surface area (Å²) in [5, 5.41) is 2.87. The van der Waals surface area contributed by atoms with Crippen LogP contribution in [-0.2, 0) is 20.8 Å². The Bertz CT molecular complexity index is 999. The van der Waals surface area contributed by atoms with Crippen molar-refractivity contribution in [3.63, 3.8) is 0 Å². The van der Waals surface area contributed by atoms with Gasteiger partial charge in [0.05, 0.1) is 18.1 Å². The molecule has 178 valence electrons. The highest BCUT2D eigenvalue weighted by molar-refractivity contribution is 6.06. The van der Waals surface area contributed by atoms with Crippen LogP contribution in [0.5, 0.6) is 0 Å². The number of primary amides is 1. The fourth-order valence-electron chi connectivity index (χ4n) is 4.15. The van der Waals surface area contributed by atoms with E-state index in [0.29, 0.717) is 41.4 Å². The third-order valence-corrected chi connectivity index (χ3v) is 5.92. The second kappa shape index (κ2) is 11.1. The smallest absolute Gasteiger partial charge is 0.340 e. The quantitative estimate of drug-likeness (QED) is 0.393. The van der Waals surface area contributed by atoms with Gasteiger partial charge in [-0.25, -0.2) is 4.79 Å². The molecule has 2 heterocycles. The van der Waals surface area contributed by atoms with Gasteiger partial charge in [-0.2, -0.15) is 0 Å². The number of benzene rings is 1. The SMILES string of the molecule is COCCOC(=O)c1c(C)[nH]c(C(=O)Nc2ccc(CN3CCCC(C(N)=O)C3)cc2)c1C. The number of ether oxygens (including phenoxy) is 2. The minimum atomic E-state index is -0.488. The molecule has 2 amide bonds. The van der Waals surface area contributed by atoms with Gasteiger partial charge in [-0.05, 0) is 56.5 Å². The highest BCUT2D eigenvalue weighted by Gasteiger charge is 2.24. The molecular formula is C24H32N4O5. The van der Waals surface area contributed by atoms with Crippen molar-refractivity contribution >= 4 is 23.5 Å². The number of amides is 2. The van der Waals surface area contributed by atoms with Crippen LogP contribution in [0.2, 0.25) is 0 Å². The number of nitrogens with one attached hydrogen (secondary N) is 2. The first-order chi connectivity index (χ1) is 15.8. The monoisotopic (exact) mass is 456 g/mol. The molecule has 3 rings (SSSR count). The summed E-state index contributed by atoms with van der Waals surface area (Å²) < 4.78 is 10.1. The fraction of sp³-hybridized carbons (Fsp3) is 0.458. The molecule has 0 radical (unpaired) electrons. The van der Waals surface area contributed by atoms with Crippen LogP contribution in [0.25, 0.3) is 0 Å². The minimum Gasteiger partial charge on any atom is -0.460 e. The largest absolute Gasteiger partial charge is 0.460 e. The van der Waals surface area contributed by atoms with Crippen molar-refractivity contribution in [2.75, 3.05) is 38.7 Å². The first-order valence-corrected chi connectivity index (χ1v) is 11.1. The fourth-order valence-corrected chi connectivity index (χ4v) is 4.15. The molecule has 0 spiro atoms. The van der Waals surface area contributed by atoms with Gasteiger partial charge >= 0.3 is 5.97 Å². The van der Waals surface area contributed by atoms with Crippen LogP contribution >= 0.6 is 0 Å². The zero-order valence-corrected chi connectivity index (χ0v) is 19.4. The first kappa shape index (κ1) is 24.5. The molecule has 1 aliphatic rings. The summed E-state index contributed by atoms with van der Waals surface area (Å²) in [6.07, 6.45) is 1.81. The third-order valence-electron chi connectivity index (χ3n) is 5.92. The maximum absolute atomic E-state index is 12.8. The van der Waals surface area contributed by atoms with E-state index in [0.717, 1.165) is 31.5 Å². The van der Waals surface area contributed by atoms with Gasteiger partial charge in [-0.1, -0.05) is 12.1 Å². The molecule has 1 fully saturated rings. The van der Waals surface area contributed by atoms with Gasteiger partial charge < -0.3 is 25.5 Å². The number of carbonyl (C=O) groups is 3. The van der Waals surface area contributed by atoms with Gasteiger partial charge in [-0.3, -0.25) is 14.5 Å². The standard InChI is InChI=1S/C24H32N4O5/c1-15-20(24(31)33-12-11-32-3)16(2)26-21(15)23(30)27-19-8-6-17(7-9-19)13-28-10-4-5-18(14-28)22(25)29/h6-9,18,26H,4-5,10-14H2,1-3H3,(H2,25,29)(H,27,30). The lowest BCUT2D eigenvalue weighted by Crippen LogP contribution is -2.40. The van der Waals surface area contributed by atoms with E-state index < -0.39 is 5.97 Å². The van der Waals surface area contributed by atoms with Crippen molar-refractivity contribution in [3.05, 3.63) is 52.3 Å². The molecule has 2 aromatic rings. The lowest BCUT2D eigenvalue weighted by molar-refractivity contribution is -0.123. The topological polar surface area (TPSA) is 127 Å². The highest BCUT2D eigenvalue weighted by Crippen LogP contribution is 2.22. The Labute approximate surface area is 193 Å². The van der Waals surface area contributed by atoms with Crippen molar-refractivity contribution in [2.45, 2.75) is 33.2 Å². The van der Waals surface area contributed by atoms with Crippen molar-refractivity contribution in [3.8, 4) is 0 Å². The molecular weight excluding hydrogens is 424 g/mol. The van der Waals surface area contributed by atoms with Crippen molar-refractivity contribution in [1.82, 2.24) is 9.88 Å². The third kappa shape index (κ3) is 6.21. The predicted octanol–water partition coefficient (Wildman–Crippen LogP) is 2.38. The molecule has 4 N–H and O–H groups in total. The number of esters is 1. The second-order valence-electron chi connectivity index (χ2n) is 8.38. The van der Waals surface area contributed by atoms with Gasteiger partial charge in [0.2, 0.25) is 5.91 Å². The minimum absolute atomic E-state index is 0.0908. The summed E-state index contributed by atoms with van der Waals surface area (Å²) in [5.74, 6) is -1.15. The van der Waals surface area contributed by atoms with E-state index >= 15 is 0 Å². The Hall–Kier alpha value is -3.17. The number of likely N-dealkylation sites (tertiary alicyclic amines) is 1. The number of hydrogen-bond acceptors (Lipinski definition) is 6. The molecule has 1 unspecified atom stereocenters. The van der Waals surface area contributed by atoms with Crippen LogP contribution in [0.1, 0.15) is 50.5 Å². The molecule has 0 saturated carbocycles. The van der Waals surface area contributed by atoms with Crippen molar-refractivity contribution in [1.29, 1.82) is 0 Å². The molecule has 0 aliphatic carbocycles. The zero-order chi connectivity index (χ0) is 24.0. The van der Waals surface area contributed by atoms with Crippen molar-refractivity contribution in [2.24, 2.45) is 11.7 Å². The summed E-state index contributed by atoms with van der Waals surface area (Å²) in [4.78, 5) is 41.9. The average Bonchev–Trinajstić information content (AvgIpc) is 3.09. The first-order valence-electron chi connectivity index (χ1n) is 11.1. The Morgan fingerprint density at radius 3 is 2.58 bits per heavy atom. The maximum Gasteiger partial charge on any atom is 0.340 e. The van der Waals surface area contributed by atoms with Crippen molar-refractivity contribution < 1.29 is 23.9 Å². The van der Waals surface area contributed by atoms with Gasteiger partial charge in [-0.15, -0.1) is 0 Å². The number of nitrogens with two attached hydrogens (primary N) is 1. The Kier molecular flexibility index (Phi) is 8.24. The van der Waals surface area contributed by atoms with E-state index in [4.69, 9.17) is 15.2 Å². The number of piperidine rings is 1. The lowest BCUT2D eigenvalue weighted by atomic mass is 9.97. The Morgan fingerprint density at radius 1 is 1.18 bits per heavy atom. The van der Waals surface area contributed by atoms with Gasteiger partial charge in [0.15, 0.2) is 0 Å². The summed E-state index contributed by atoms with van der Waals surface area (Å²) in [6, 6.07) is 7.59. The summed E-state index contributed by atoms with van der Waals surface area (Å²) >= 11 is 0. The summed E-state index contributed by atoms with van der Waals surface area (Å²) in [5.41, 5.74) is 9.00. The molecule has 9 heteroatoms. The molecule has 9 nitrogen and oxygen atoms in total. The number of carbonyl (C=O) groups excluding carboxylic acids is 3. The number of aromatic amines is 1. The maximum atomic E-state index is 12.8. The normalized spacial score (nSPS) is 16.4. The number of anilines is 1. The number of hydrogen-bond donors (Lipinski definition) is 3. The molecule has 33 heavy (non-hydrogen) atoms. The summed E-state index contributed by atoms with van der Waals surface area (Å²) in [6.45, 7) is 6.23. The van der Waals surface area contributed by atoms with Crippen LogP contribution in [0, 0.1) is 19.8 Å². The van der Waals surface area contributed by atoms with E-state index in [1.807, 2.05) is 24.3 Å². The number of H-pyrrole nitrogens is 1. The van der Waals surface area contributed by atoms with Crippen LogP contribution in [0.3, 0.4) is 0 Å². The summed E-state index contributed by atoms with van der Waals surface area (Å²) in [7, 11) is 1.53. The Morgan fingerprint density at radius 2 is 1.91 bits per heavy atom. The number of aromatic nitrogens is 1. The van der Waals surface area contributed by atoms with Crippen LogP contribution < -0.4 is 11.1 Å².